The van der Waals surface area contributed by atoms with Gasteiger partial charge in [-0.05, 0) is 11.6 Å². The number of amides is 1. The minimum Gasteiger partial charge on any atom is -0.377 e. The molecule has 0 bridgehead atoms. The first-order valence-electron chi connectivity index (χ1n) is 5.55. The highest BCUT2D eigenvalue weighted by Gasteiger charge is 2.18. The molecular weight excluding hydrogens is 246 g/mol. The number of carbonyl (C=O) groups excluding carboxylic acids is 1. The summed E-state index contributed by atoms with van der Waals surface area (Å²) in [5, 5.41) is 3.31. The van der Waals surface area contributed by atoms with Gasteiger partial charge in [-0.25, -0.2) is 4.99 Å². The number of thioether (sulfide) groups is 1. The van der Waals surface area contributed by atoms with Gasteiger partial charge in [-0.1, -0.05) is 36.5 Å². The van der Waals surface area contributed by atoms with Gasteiger partial charge in [-0.2, -0.15) is 0 Å². The highest BCUT2D eigenvalue weighted by Crippen LogP contribution is 2.24. The van der Waals surface area contributed by atoms with Gasteiger partial charge in [0.2, 0.25) is 0 Å². The first kappa shape index (κ1) is 12.7. The number of nitrogens with one attached hydrogen (secondary N) is 1. The smallest absolute Gasteiger partial charge is 0.275 e. The van der Waals surface area contributed by atoms with Crippen molar-refractivity contribution in [2.75, 3.05) is 19.0 Å². The van der Waals surface area contributed by atoms with Gasteiger partial charge >= 0.3 is 0 Å². The maximum atomic E-state index is 11.2. The van der Waals surface area contributed by atoms with Crippen molar-refractivity contribution in [2.45, 2.75) is 5.75 Å². The van der Waals surface area contributed by atoms with Crippen LogP contribution in [0.4, 0.5) is 5.69 Å². The van der Waals surface area contributed by atoms with Crippen molar-refractivity contribution in [3.63, 3.8) is 0 Å². The number of anilines is 1. The van der Waals surface area contributed by atoms with E-state index >= 15 is 0 Å². The van der Waals surface area contributed by atoms with Crippen LogP contribution in [0.15, 0.2) is 41.5 Å². The van der Waals surface area contributed by atoms with E-state index in [2.05, 4.69) is 33.9 Å². The molecule has 5 heteroatoms. The lowest BCUT2D eigenvalue weighted by molar-refractivity contribution is -0.115. The molecule has 1 aromatic rings. The van der Waals surface area contributed by atoms with Gasteiger partial charge in [0.15, 0.2) is 5.17 Å². The number of hydrogen-bond donors (Lipinski definition) is 1. The van der Waals surface area contributed by atoms with E-state index in [1.165, 1.54) is 23.0 Å². The lowest BCUT2D eigenvalue weighted by Gasteiger charge is -2.16. The van der Waals surface area contributed by atoms with E-state index in [0.717, 1.165) is 5.75 Å². The molecule has 1 heterocycles. The van der Waals surface area contributed by atoms with Crippen LogP contribution in [0.25, 0.3) is 0 Å². The van der Waals surface area contributed by atoms with Crippen molar-refractivity contribution in [1.29, 1.82) is 0 Å². The summed E-state index contributed by atoms with van der Waals surface area (Å²) in [4.78, 5) is 17.4. The molecule has 4 nitrogen and oxygen atoms in total. The Hall–Kier alpha value is -1.75. The molecule has 0 saturated heterocycles. The van der Waals surface area contributed by atoms with Gasteiger partial charge < -0.3 is 4.90 Å². The molecule has 0 spiro atoms. The normalized spacial score (nSPS) is 14.4. The highest BCUT2D eigenvalue weighted by molar-refractivity contribution is 8.13. The van der Waals surface area contributed by atoms with Crippen LogP contribution in [0.5, 0.6) is 0 Å². The standard InChI is InChI=1S/C13H15N3OS/c1-9-12(17)15-13(14-9)18-8-10-6-4-5-7-11(10)16(2)3/h4-7H,1,8H2,2-3H3,(H,14,15,17). The second kappa shape index (κ2) is 5.27. The molecule has 18 heavy (non-hydrogen) atoms. The third-order valence-electron chi connectivity index (χ3n) is 2.56. The molecule has 0 fully saturated rings. The minimum atomic E-state index is -0.210. The quantitative estimate of drug-likeness (QED) is 0.846. The Bertz CT molecular complexity index is 523. The fourth-order valence-electron chi connectivity index (χ4n) is 1.65. The van der Waals surface area contributed by atoms with Crippen LogP contribution >= 0.6 is 11.8 Å². The van der Waals surface area contributed by atoms with Crippen LogP contribution < -0.4 is 10.2 Å². The van der Waals surface area contributed by atoms with Gasteiger partial charge in [0, 0.05) is 25.5 Å². The number of aliphatic imine (C=N–C) groups is 1. The Kier molecular flexibility index (Phi) is 3.72. The third kappa shape index (κ3) is 2.73. The topological polar surface area (TPSA) is 44.7 Å². The molecule has 0 saturated carbocycles. The van der Waals surface area contributed by atoms with Crippen molar-refractivity contribution >= 4 is 28.5 Å². The molecule has 2 rings (SSSR count). The number of para-hydroxylation sites is 1. The molecule has 0 aliphatic carbocycles. The molecule has 0 unspecified atom stereocenters. The van der Waals surface area contributed by atoms with Crippen LogP contribution in [-0.2, 0) is 10.5 Å². The Morgan fingerprint density at radius 3 is 2.72 bits per heavy atom. The third-order valence-corrected chi connectivity index (χ3v) is 3.48. The predicted octanol–water partition coefficient (Wildman–Crippen LogP) is 1.99. The summed E-state index contributed by atoms with van der Waals surface area (Å²) in [6.45, 7) is 3.57. The zero-order valence-corrected chi connectivity index (χ0v) is 11.3. The van der Waals surface area contributed by atoms with E-state index < -0.39 is 0 Å². The molecule has 1 aliphatic rings. The Morgan fingerprint density at radius 1 is 1.39 bits per heavy atom. The van der Waals surface area contributed by atoms with E-state index in [1.807, 2.05) is 26.2 Å². The van der Waals surface area contributed by atoms with E-state index in [9.17, 15) is 4.79 Å². The van der Waals surface area contributed by atoms with E-state index in [-0.39, 0.29) is 11.6 Å². The largest absolute Gasteiger partial charge is 0.377 e. The number of nitrogens with zero attached hydrogens (tertiary/aromatic N) is 2. The summed E-state index contributed by atoms with van der Waals surface area (Å²) in [6.07, 6.45) is 0. The number of carbonyl (C=O) groups is 1. The average molecular weight is 261 g/mol. The van der Waals surface area contributed by atoms with E-state index in [4.69, 9.17) is 0 Å². The summed E-state index contributed by atoms with van der Waals surface area (Å²) in [5.74, 6) is 0.555. The lowest BCUT2D eigenvalue weighted by Crippen LogP contribution is -2.21. The second-order valence-electron chi connectivity index (χ2n) is 4.13. The van der Waals surface area contributed by atoms with Crippen molar-refractivity contribution in [3.05, 3.63) is 42.1 Å². The fraction of sp³-hybridized carbons (Fsp3) is 0.231. The summed E-state index contributed by atoms with van der Waals surface area (Å²) in [7, 11) is 4.03. The molecule has 1 aliphatic heterocycles. The fourth-order valence-corrected chi connectivity index (χ4v) is 2.53. The van der Waals surface area contributed by atoms with Gasteiger partial charge in [0.25, 0.3) is 5.91 Å². The maximum absolute atomic E-state index is 11.2. The monoisotopic (exact) mass is 261 g/mol. The van der Waals surface area contributed by atoms with Crippen LogP contribution in [0.2, 0.25) is 0 Å². The molecule has 1 aromatic carbocycles. The Morgan fingerprint density at radius 2 is 2.11 bits per heavy atom. The molecule has 0 radical (unpaired) electrons. The van der Waals surface area contributed by atoms with Gasteiger partial charge in [0.05, 0.1) is 0 Å². The molecule has 94 valence electrons. The molecule has 1 N–H and O–H groups in total. The first-order chi connectivity index (χ1) is 8.58. The Balaban J connectivity index is 2.05. The van der Waals surface area contributed by atoms with Crippen LogP contribution in [0.1, 0.15) is 5.56 Å². The van der Waals surface area contributed by atoms with Crippen molar-refractivity contribution in [1.82, 2.24) is 5.32 Å². The Labute approximate surface area is 111 Å². The van der Waals surface area contributed by atoms with Crippen LogP contribution in [0, 0.1) is 0 Å². The molecular formula is C13H15N3OS. The lowest BCUT2D eigenvalue weighted by atomic mass is 10.2. The minimum absolute atomic E-state index is 0.210. The molecule has 0 aromatic heterocycles. The second-order valence-corrected chi connectivity index (χ2v) is 5.09. The average Bonchev–Trinajstić information content (AvgIpc) is 2.66. The van der Waals surface area contributed by atoms with Crippen LogP contribution in [0.3, 0.4) is 0 Å². The molecule has 1 amide bonds. The zero-order valence-electron chi connectivity index (χ0n) is 10.4. The summed E-state index contributed by atoms with van der Waals surface area (Å²) in [5.41, 5.74) is 2.66. The summed E-state index contributed by atoms with van der Waals surface area (Å²) in [6, 6.07) is 8.18. The maximum Gasteiger partial charge on any atom is 0.275 e. The number of hydrogen-bond acceptors (Lipinski definition) is 4. The van der Waals surface area contributed by atoms with E-state index in [1.54, 1.807) is 0 Å². The first-order valence-corrected chi connectivity index (χ1v) is 6.53. The summed E-state index contributed by atoms with van der Waals surface area (Å²) >= 11 is 1.51. The summed E-state index contributed by atoms with van der Waals surface area (Å²) < 4.78 is 0. The zero-order chi connectivity index (χ0) is 13.1. The van der Waals surface area contributed by atoms with Gasteiger partial charge in [-0.3, -0.25) is 10.1 Å². The van der Waals surface area contributed by atoms with Gasteiger partial charge in [0.1, 0.15) is 5.70 Å². The van der Waals surface area contributed by atoms with E-state index in [0.29, 0.717) is 5.17 Å². The number of rotatable bonds is 3. The van der Waals surface area contributed by atoms with Crippen LogP contribution in [-0.4, -0.2) is 25.2 Å². The number of amidine groups is 1. The van der Waals surface area contributed by atoms with Crippen molar-refractivity contribution in [2.24, 2.45) is 4.99 Å². The van der Waals surface area contributed by atoms with Crippen molar-refractivity contribution < 1.29 is 4.79 Å². The highest BCUT2D eigenvalue weighted by atomic mass is 32.2. The van der Waals surface area contributed by atoms with Gasteiger partial charge in [-0.15, -0.1) is 0 Å². The number of benzene rings is 1. The SMILES string of the molecule is C=C1N=C(SCc2ccccc2N(C)C)NC1=O. The molecule has 0 atom stereocenters. The predicted molar refractivity (Wildman–Crippen MR) is 76.8 cm³/mol. The van der Waals surface area contributed by atoms with Crippen molar-refractivity contribution in [3.8, 4) is 0 Å².